The molecule has 0 saturated heterocycles. The normalized spacial score (nSPS) is 9.78. The summed E-state index contributed by atoms with van der Waals surface area (Å²) in [5, 5.41) is 0. The summed E-state index contributed by atoms with van der Waals surface area (Å²) >= 11 is 0. The molecule has 0 aliphatic rings. The highest BCUT2D eigenvalue weighted by Gasteiger charge is 2.12. The second-order valence-electron chi connectivity index (χ2n) is 3.77. The maximum atomic E-state index is 12.1. The Bertz CT molecular complexity index is 547. The minimum atomic E-state index is -0.0907. The maximum absolute atomic E-state index is 12.1. The van der Waals surface area contributed by atoms with E-state index < -0.39 is 0 Å². The Morgan fingerprint density at radius 3 is 2.39 bits per heavy atom. The van der Waals surface area contributed by atoms with E-state index in [1.54, 1.807) is 24.3 Å². The molecule has 3 heteroatoms. The Morgan fingerprint density at radius 1 is 1.00 bits per heavy atom. The van der Waals surface area contributed by atoms with Crippen molar-refractivity contribution < 1.29 is 14.3 Å². The molecule has 0 bridgehead atoms. The van der Waals surface area contributed by atoms with Gasteiger partial charge in [0.1, 0.15) is 5.75 Å². The fraction of sp³-hybridized carbons (Fsp3) is 0.0667. The van der Waals surface area contributed by atoms with E-state index in [2.05, 4.69) is 4.74 Å². The largest absolute Gasteiger partial charge is 0.423 e. The molecule has 2 rings (SSSR count). The van der Waals surface area contributed by atoms with Crippen LogP contribution in [0.2, 0.25) is 0 Å². The first-order valence-electron chi connectivity index (χ1n) is 5.51. The first kappa shape index (κ1) is 12.0. The number of ketones is 1. The molecular formula is C15H11O3. The molecule has 0 N–H and O–H groups in total. The minimum absolute atomic E-state index is 0.0907. The van der Waals surface area contributed by atoms with Gasteiger partial charge in [0.25, 0.3) is 0 Å². The van der Waals surface area contributed by atoms with E-state index in [0.717, 1.165) is 5.56 Å². The van der Waals surface area contributed by atoms with Gasteiger partial charge in [-0.05, 0) is 17.7 Å². The van der Waals surface area contributed by atoms with Gasteiger partial charge >= 0.3 is 6.47 Å². The van der Waals surface area contributed by atoms with Crippen molar-refractivity contribution in [1.29, 1.82) is 0 Å². The highest BCUT2D eigenvalue weighted by molar-refractivity contribution is 6.00. The van der Waals surface area contributed by atoms with Gasteiger partial charge in [0.2, 0.25) is 0 Å². The van der Waals surface area contributed by atoms with Gasteiger partial charge < -0.3 is 4.74 Å². The first-order valence-corrected chi connectivity index (χ1v) is 5.51. The predicted octanol–water partition coefficient (Wildman–Crippen LogP) is 2.56. The summed E-state index contributed by atoms with van der Waals surface area (Å²) in [5.41, 5.74) is 1.32. The quantitative estimate of drug-likeness (QED) is 0.753. The van der Waals surface area contributed by atoms with Crippen molar-refractivity contribution in [2.75, 3.05) is 0 Å². The smallest absolute Gasteiger partial charge is 0.417 e. The molecule has 0 saturated carbocycles. The van der Waals surface area contributed by atoms with Crippen LogP contribution in [0.5, 0.6) is 5.75 Å². The van der Waals surface area contributed by atoms with Crippen molar-refractivity contribution in [3.63, 3.8) is 0 Å². The molecule has 0 aromatic heterocycles. The topological polar surface area (TPSA) is 43.4 Å². The number of ether oxygens (including phenoxy) is 1. The van der Waals surface area contributed by atoms with Crippen molar-refractivity contribution in [3.05, 3.63) is 65.7 Å². The molecule has 2 aromatic rings. The van der Waals surface area contributed by atoms with E-state index in [1.807, 2.05) is 30.3 Å². The summed E-state index contributed by atoms with van der Waals surface area (Å²) in [6, 6.07) is 16.1. The minimum Gasteiger partial charge on any atom is -0.417 e. The summed E-state index contributed by atoms with van der Waals surface area (Å²) < 4.78 is 4.67. The lowest BCUT2D eigenvalue weighted by atomic mass is 10.0. The van der Waals surface area contributed by atoms with Crippen molar-refractivity contribution in [1.82, 2.24) is 0 Å². The van der Waals surface area contributed by atoms with Gasteiger partial charge in [0.15, 0.2) is 5.78 Å². The molecule has 0 aliphatic carbocycles. The van der Waals surface area contributed by atoms with E-state index in [0.29, 0.717) is 5.56 Å². The third-order valence-corrected chi connectivity index (χ3v) is 2.55. The van der Waals surface area contributed by atoms with Gasteiger partial charge in [-0.1, -0.05) is 42.5 Å². The second kappa shape index (κ2) is 5.77. The third kappa shape index (κ3) is 2.83. The zero-order valence-corrected chi connectivity index (χ0v) is 9.63. The fourth-order valence-electron chi connectivity index (χ4n) is 1.71. The summed E-state index contributed by atoms with van der Waals surface area (Å²) in [6.07, 6.45) is 0.278. The van der Waals surface area contributed by atoms with E-state index in [1.165, 1.54) is 6.47 Å². The van der Waals surface area contributed by atoms with Crippen LogP contribution in [0.3, 0.4) is 0 Å². The number of hydrogen-bond acceptors (Lipinski definition) is 3. The van der Waals surface area contributed by atoms with Crippen molar-refractivity contribution in [2.24, 2.45) is 0 Å². The molecule has 2 aromatic carbocycles. The Labute approximate surface area is 105 Å². The molecule has 0 heterocycles. The van der Waals surface area contributed by atoms with Crippen molar-refractivity contribution in [2.45, 2.75) is 6.42 Å². The molecule has 0 aliphatic heterocycles. The number of benzene rings is 2. The van der Waals surface area contributed by atoms with Gasteiger partial charge in [-0.15, -0.1) is 0 Å². The number of hydrogen-bond donors (Lipinski definition) is 0. The molecule has 0 spiro atoms. The lowest BCUT2D eigenvalue weighted by Gasteiger charge is -2.05. The van der Waals surface area contributed by atoms with Gasteiger partial charge in [-0.2, -0.15) is 0 Å². The van der Waals surface area contributed by atoms with Gasteiger partial charge in [0, 0.05) is 6.42 Å². The molecule has 0 fully saturated rings. The number of Topliss-reactive ketones (excluding diaryl/α,β-unsaturated/α-hetero) is 1. The number of rotatable bonds is 5. The van der Waals surface area contributed by atoms with E-state index in [-0.39, 0.29) is 18.0 Å². The molecule has 18 heavy (non-hydrogen) atoms. The summed E-state index contributed by atoms with van der Waals surface area (Å²) in [7, 11) is 0. The van der Waals surface area contributed by atoms with E-state index >= 15 is 0 Å². The number of para-hydroxylation sites is 1. The monoisotopic (exact) mass is 239 g/mol. The molecule has 0 unspecified atom stereocenters. The average Bonchev–Trinajstić information content (AvgIpc) is 2.41. The zero-order chi connectivity index (χ0) is 12.8. The molecule has 1 radical (unpaired) electrons. The van der Waals surface area contributed by atoms with Crippen LogP contribution < -0.4 is 4.74 Å². The first-order chi connectivity index (χ1) is 8.81. The van der Waals surface area contributed by atoms with Gasteiger partial charge in [0.05, 0.1) is 5.56 Å². The fourth-order valence-corrected chi connectivity index (χ4v) is 1.71. The Kier molecular flexibility index (Phi) is 3.86. The van der Waals surface area contributed by atoms with E-state index in [4.69, 9.17) is 0 Å². The lowest BCUT2D eigenvalue weighted by molar-refractivity contribution is 0.0991. The highest BCUT2D eigenvalue weighted by atomic mass is 16.5. The van der Waals surface area contributed by atoms with Crippen molar-refractivity contribution in [3.8, 4) is 5.75 Å². The van der Waals surface area contributed by atoms with Crippen LogP contribution in [0.15, 0.2) is 54.6 Å². The Morgan fingerprint density at radius 2 is 1.67 bits per heavy atom. The molecule has 3 nitrogen and oxygen atoms in total. The van der Waals surface area contributed by atoms with Crippen LogP contribution >= 0.6 is 0 Å². The summed E-state index contributed by atoms with van der Waals surface area (Å²) in [6.45, 7) is 1.34. The van der Waals surface area contributed by atoms with Crippen LogP contribution in [0.25, 0.3) is 0 Å². The molecule has 89 valence electrons. The second-order valence-corrected chi connectivity index (χ2v) is 3.77. The standard InChI is InChI=1S/C15H11O3/c16-11-18-15-9-5-4-8-13(15)14(17)10-12-6-2-1-3-7-12/h1-9H,10H2. The Balaban J connectivity index is 2.21. The third-order valence-electron chi connectivity index (χ3n) is 2.55. The SMILES string of the molecule is O=[C]Oc1ccccc1C(=O)Cc1ccccc1. The number of carbonyl (C=O) groups excluding carboxylic acids is 2. The Hall–Kier alpha value is -2.42. The average molecular weight is 239 g/mol. The van der Waals surface area contributed by atoms with Gasteiger partial charge in [-0.3, -0.25) is 4.79 Å². The maximum Gasteiger partial charge on any atom is 0.423 e. The summed E-state index contributed by atoms with van der Waals surface area (Å²) in [5.74, 6) is 0.153. The van der Waals surface area contributed by atoms with E-state index in [9.17, 15) is 9.59 Å². The molecule has 0 atom stereocenters. The molecular weight excluding hydrogens is 228 g/mol. The van der Waals surface area contributed by atoms with Crippen LogP contribution in [-0.4, -0.2) is 12.3 Å². The molecule has 0 amide bonds. The van der Waals surface area contributed by atoms with Crippen LogP contribution in [0.1, 0.15) is 15.9 Å². The highest BCUT2D eigenvalue weighted by Crippen LogP contribution is 2.19. The zero-order valence-electron chi connectivity index (χ0n) is 9.63. The van der Waals surface area contributed by atoms with Crippen LogP contribution in [0, 0.1) is 0 Å². The predicted molar refractivity (Wildman–Crippen MR) is 67.2 cm³/mol. The van der Waals surface area contributed by atoms with Crippen molar-refractivity contribution >= 4 is 12.3 Å². The lowest BCUT2D eigenvalue weighted by Crippen LogP contribution is -2.06. The number of carbonyl (C=O) groups is 1. The van der Waals surface area contributed by atoms with Crippen LogP contribution in [0.4, 0.5) is 0 Å². The van der Waals surface area contributed by atoms with Crippen LogP contribution in [-0.2, 0) is 11.2 Å². The van der Waals surface area contributed by atoms with Gasteiger partial charge in [-0.25, -0.2) is 4.79 Å². The summed E-state index contributed by atoms with van der Waals surface area (Å²) in [4.78, 5) is 22.3.